The minimum absolute atomic E-state index is 0.129. The van der Waals surface area contributed by atoms with Crippen LogP contribution < -0.4 is 5.32 Å². The van der Waals surface area contributed by atoms with Gasteiger partial charge in [-0.3, -0.25) is 4.79 Å². The van der Waals surface area contributed by atoms with Crippen molar-refractivity contribution in [2.75, 3.05) is 0 Å². The molecule has 1 aliphatic rings. The predicted octanol–water partition coefficient (Wildman–Crippen LogP) is 3.99. The molecule has 5 heteroatoms. The van der Waals surface area contributed by atoms with Crippen LogP contribution in [0.1, 0.15) is 44.2 Å². The van der Waals surface area contributed by atoms with Gasteiger partial charge < -0.3 is 5.32 Å². The summed E-state index contributed by atoms with van der Waals surface area (Å²) in [6.45, 7) is 1.95. The highest BCUT2D eigenvalue weighted by molar-refractivity contribution is 6.30. The first kappa shape index (κ1) is 14.3. The molecule has 0 bridgehead atoms. The number of carbonyl (C=O) groups is 1. The van der Waals surface area contributed by atoms with Crippen LogP contribution in [0.3, 0.4) is 0 Å². The van der Waals surface area contributed by atoms with E-state index < -0.39 is 17.7 Å². The quantitative estimate of drug-likeness (QED) is 0.658. The Balaban J connectivity index is 2.50. The van der Waals surface area contributed by atoms with Crippen LogP contribution in [0.2, 0.25) is 5.02 Å². The third-order valence-electron chi connectivity index (χ3n) is 4.05. The third-order valence-corrected chi connectivity index (χ3v) is 4.34. The summed E-state index contributed by atoms with van der Waals surface area (Å²) in [7, 11) is 0. The van der Waals surface area contributed by atoms with Gasteiger partial charge in [-0.1, -0.05) is 31.4 Å². The Labute approximate surface area is 116 Å². The van der Waals surface area contributed by atoms with Crippen molar-refractivity contribution in [3.05, 3.63) is 34.4 Å². The van der Waals surface area contributed by atoms with Gasteiger partial charge in [-0.2, -0.15) is 0 Å². The molecular formula is C14H16ClF2NO. The van der Waals surface area contributed by atoms with E-state index >= 15 is 0 Å². The molecule has 0 aromatic heterocycles. The number of hydrogen-bond acceptors (Lipinski definition) is 1. The summed E-state index contributed by atoms with van der Waals surface area (Å²) in [6, 6.07) is 1.63. The molecule has 1 aromatic rings. The van der Waals surface area contributed by atoms with Crippen LogP contribution in [0, 0.1) is 17.0 Å². The van der Waals surface area contributed by atoms with Crippen LogP contribution in [0.25, 0.3) is 0 Å². The Morgan fingerprint density at radius 2 is 2.00 bits per heavy atom. The fraction of sp³-hybridized carbons (Fsp3) is 0.500. The number of carbonyl (C=O) groups excluding carboxylic acids is 1. The van der Waals surface area contributed by atoms with E-state index in [1.165, 1.54) is 6.07 Å². The second-order valence-corrected chi connectivity index (χ2v) is 5.74. The Hall–Kier alpha value is -1.16. The lowest BCUT2D eigenvalue weighted by molar-refractivity contribution is -0.111. The van der Waals surface area contributed by atoms with E-state index in [2.05, 4.69) is 5.32 Å². The van der Waals surface area contributed by atoms with E-state index in [9.17, 15) is 13.6 Å². The first-order valence-electron chi connectivity index (χ1n) is 6.33. The predicted molar refractivity (Wildman–Crippen MR) is 69.9 cm³/mol. The summed E-state index contributed by atoms with van der Waals surface area (Å²) >= 11 is 5.72. The van der Waals surface area contributed by atoms with Gasteiger partial charge in [0.25, 0.3) is 0 Å². The fourth-order valence-electron chi connectivity index (χ4n) is 2.98. The van der Waals surface area contributed by atoms with E-state index in [0.717, 1.165) is 31.7 Å². The molecule has 1 aromatic carbocycles. The van der Waals surface area contributed by atoms with Gasteiger partial charge in [0.05, 0.1) is 11.1 Å². The van der Waals surface area contributed by atoms with Gasteiger partial charge in [0.15, 0.2) is 0 Å². The maximum Gasteiger partial charge on any atom is 0.207 e. The van der Waals surface area contributed by atoms with E-state index in [4.69, 9.17) is 11.6 Å². The average Bonchev–Trinajstić information content (AvgIpc) is 2.81. The molecule has 104 valence electrons. The molecule has 0 saturated heterocycles. The number of benzene rings is 1. The number of nitrogens with one attached hydrogen (secondary N) is 1. The second kappa shape index (κ2) is 5.45. The standard InChI is InChI=1S/C14H16ClF2NO/c1-14(6-2-3-7-14)13(18-8-19)11-10(16)5-4-9(15)12(11)17/h4-5,8,13H,2-3,6-7H2,1H3,(H,18,19). The van der Waals surface area contributed by atoms with Crippen molar-refractivity contribution in [2.24, 2.45) is 5.41 Å². The topological polar surface area (TPSA) is 29.1 Å². The van der Waals surface area contributed by atoms with Crippen LogP contribution >= 0.6 is 11.6 Å². The van der Waals surface area contributed by atoms with Gasteiger partial charge in [-0.05, 0) is 30.4 Å². The molecule has 1 saturated carbocycles. The Bertz CT molecular complexity index is 487. The summed E-state index contributed by atoms with van der Waals surface area (Å²) < 4.78 is 28.1. The van der Waals surface area contributed by atoms with Crippen molar-refractivity contribution in [1.82, 2.24) is 5.32 Å². The summed E-state index contributed by atoms with van der Waals surface area (Å²) in [4.78, 5) is 10.8. The highest BCUT2D eigenvalue weighted by Crippen LogP contribution is 2.48. The zero-order chi connectivity index (χ0) is 14.0. The first-order valence-corrected chi connectivity index (χ1v) is 6.70. The lowest BCUT2D eigenvalue weighted by Gasteiger charge is -2.34. The van der Waals surface area contributed by atoms with Crippen molar-refractivity contribution < 1.29 is 13.6 Å². The molecule has 1 aliphatic carbocycles. The molecule has 0 heterocycles. The van der Waals surface area contributed by atoms with Crippen LogP contribution in [0.15, 0.2) is 12.1 Å². The molecule has 19 heavy (non-hydrogen) atoms. The lowest BCUT2D eigenvalue weighted by Crippen LogP contribution is -2.35. The fourth-order valence-corrected chi connectivity index (χ4v) is 3.14. The van der Waals surface area contributed by atoms with Gasteiger partial charge in [0.1, 0.15) is 11.6 Å². The average molecular weight is 288 g/mol. The van der Waals surface area contributed by atoms with Gasteiger partial charge in [0, 0.05) is 5.56 Å². The SMILES string of the molecule is CC1(C(NC=O)c2c(F)ccc(Cl)c2F)CCCC1. The molecule has 2 nitrogen and oxygen atoms in total. The molecule has 1 atom stereocenters. The van der Waals surface area contributed by atoms with Gasteiger partial charge in [-0.15, -0.1) is 0 Å². The molecule has 0 aliphatic heterocycles. The highest BCUT2D eigenvalue weighted by Gasteiger charge is 2.40. The molecule has 1 amide bonds. The van der Waals surface area contributed by atoms with Crippen molar-refractivity contribution >= 4 is 18.0 Å². The van der Waals surface area contributed by atoms with Crippen LogP contribution in [0.5, 0.6) is 0 Å². The van der Waals surface area contributed by atoms with Crippen molar-refractivity contribution in [2.45, 2.75) is 38.6 Å². The Kier molecular flexibility index (Phi) is 4.09. The van der Waals surface area contributed by atoms with E-state index in [1.54, 1.807) is 0 Å². The molecule has 1 unspecified atom stereocenters. The minimum Gasteiger partial charge on any atom is -0.351 e. The molecule has 1 fully saturated rings. The smallest absolute Gasteiger partial charge is 0.207 e. The number of amides is 1. The summed E-state index contributed by atoms with van der Waals surface area (Å²) in [5, 5.41) is 2.44. The van der Waals surface area contributed by atoms with Gasteiger partial charge in [0.2, 0.25) is 6.41 Å². The van der Waals surface area contributed by atoms with Crippen molar-refractivity contribution in [1.29, 1.82) is 0 Å². The number of halogens is 3. The minimum atomic E-state index is -0.783. The van der Waals surface area contributed by atoms with E-state index in [-0.39, 0.29) is 16.0 Å². The molecule has 1 N–H and O–H groups in total. The van der Waals surface area contributed by atoms with Crippen LogP contribution in [-0.4, -0.2) is 6.41 Å². The molecular weight excluding hydrogens is 272 g/mol. The maximum absolute atomic E-state index is 14.1. The van der Waals surface area contributed by atoms with Crippen molar-refractivity contribution in [3.63, 3.8) is 0 Å². The van der Waals surface area contributed by atoms with E-state index in [1.807, 2.05) is 6.92 Å². The Morgan fingerprint density at radius 1 is 1.37 bits per heavy atom. The maximum atomic E-state index is 14.1. The summed E-state index contributed by atoms with van der Waals surface area (Å²) in [5.41, 5.74) is -0.475. The zero-order valence-electron chi connectivity index (χ0n) is 10.7. The van der Waals surface area contributed by atoms with Crippen LogP contribution in [0.4, 0.5) is 8.78 Å². The monoisotopic (exact) mass is 287 g/mol. The number of hydrogen-bond donors (Lipinski definition) is 1. The molecule has 0 spiro atoms. The Morgan fingerprint density at radius 3 is 2.58 bits per heavy atom. The van der Waals surface area contributed by atoms with Crippen molar-refractivity contribution in [3.8, 4) is 0 Å². The normalized spacial score (nSPS) is 19.2. The third kappa shape index (κ3) is 2.59. The summed E-state index contributed by atoms with van der Waals surface area (Å²) in [5.74, 6) is -1.46. The highest BCUT2D eigenvalue weighted by atomic mass is 35.5. The number of rotatable bonds is 4. The molecule has 0 radical (unpaired) electrons. The molecule has 2 rings (SSSR count). The summed E-state index contributed by atoms with van der Waals surface area (Å²) in [6.07, 6.45) is 4.14. The van der Waals surface area contributed by atoms with Crippen LogP contribution in [-0.2, 0) is 4.79 Å². The van der Waals surface area contributed by atoms with Gasteiger partial charge >= 0.3 is 0 Å². The van der Waals surface area contributed by atoms with Gasteiger partial charge in [-0.25, -0.2) is 8.78 Å². The largest absolute Gasteiger partial charge is 0.351 e. The second-order valence-electron chi connectivity index (χ2n) is 5.34. The first-order chi connectivity index (χ1) is 8.99. The van der Waals surface area contributed by atoms with E-state index in [0.29, 0.717) is 6.41 Å². The zero-order valence-corrected chi connectivity index (χ0v) is 11.4. The lowest BCUT2D eigenvalue weighted by atomic mass is 9.77.